The zero-order chi connectivity index (χ0) is 31.5. The van der Waals surface area contributed by atoms with Crippen molar-refractivity contribution >= 4 is 22.6 Å². The maximum atomic E-state index is 13.9. The van der Waals surface area contributed by atoms with Gasteiger partial charge in [-0.05, 0) is 87.4 Å². The van der Waals surface area contributed by atoms with Crippen LogP contribution < -0.4 is 15.8 Å². The van der Waals surface area contributed by atoms with Crippen LogP contribution in [0.5, 0.6) is 0 Å². The number of hydrogen-bond acceptors (Lipinski definition) is 6. The molecule has 0 radical (unpaired) electrons. The maximum absolute atomic E-state index is 13.9. The largest absolute Gasteiger partial charge is 0.354 e. The molecule has 2 fully saturated rings. The lowest BCUT2D eigenvalue weighted by Crippen LogP contribution is -2.49. The molecule has 2 aliphatic rings. The van der Waals surface area contributed by atoms with Gasteiger partial charge in [-0.15, -0.1) is 0 Å². The quantitative estimate of drug-likeness (QED) is 0.239. The molecule has 9 heteroatoms. The molecule has 45 heavy (non-hydrogen) atoms. The molecule has 6 rings (SSSR count). The Morgan fingerprint density at radius 2 is 1.82 bits per heavy atom. The second-order valence-corrected chi connectivity index (χ2v) is 13.2. The first-order valence-corrected chi connectivity index (χ1v) is 16.8. The highest BCUT2D eigenvalue weighted by Crippen LogP contribution is 2.32. The van der Waals surface area contributed by atoms with Gasteiger partial charge in [0.2, 0.25) is 0 Å². The molecule has 1 saturated carbocycles. The summed E-state index contributed by atoms with van der Waals surface area (Å²) in [5, 5.41) is 8.66. The lowest BCUT2D eigenvalue weighted by Gasteiger charge is -2.37. The summed E-state index contributed by atoms with van der Waals surface area (Å²) in [5.74, 6) is 1.38. The zero-order valence-electron chi connectivity index (χ0n) is 27.2. The van der Waals surface area contributed by atoms with Crippen LogP contribution in [0.1, 0.15) is 80.1 Å². The molecule has 0 unspecified atom stereocenters. The number of nitrogens with one attached hydrogen (secondary N) is 2. The maximum Gasteiger partial charge on any atom is 0.253 e. The van der Waals surface area contributed by atoms with E-state index in [0.717, 1.165) is 84.7 Å². The Balaban J connectivity index is 1.30. The number of anilines is 1. The van der Waals surface area contributed by atoms with Gasteiger partial charge >= 0.3 is 0 Å². The van der Waals surface area contributed by atoms with E-state index < -0.39 is 0 Å². The van der Waals surface area contributed by atoms with Gasteiger partial charge in [-0.3, -0.25) is 19.2 Å². The van der Waals surface area contributed by atoms with Gasteiger partial charge in [-0.2, -0.15) is 5.10 Å². The van der Waals surface area contributed by atoms with Crippen molar-refractivity contribution in [1.82, 2.24) is 30.0 Å². The molecule has 0 spiro atoms. The first-order chi connectivity index (χ1) is 21.8. The average molecular weight is 610 g/mol. The summed E-state index contributed by atoms with van der Waals surface area (Å²) in [7, 11) is 0. The third kappa shape index (κ3) is 6.83. The van der Waals surface area contributed by atoms with E-state index in [1.54, 1.807) is 0 Å². The van der Waals surface area contributed by atoms with Crippen LogP contribution in [0.3, 0.4) is 0 Å². The number of aromatic nitrogens is 4. The molecule has 0 bridgehead atoms. The van der Waals surface area contributed by atoms with E-state index in [9.17, 15) is 9.59 Å². The monoisotopic (exact) mass is 609 g/mol. The Bertz CT molecular complexity index is 1690. The molecule has 238 valence electrons. The average Bonchev–Trinajstić information content (AvgIpc) is 3.71. The van der Waals surface area contributed by atoms with E-state index in [4.69, 9.17) is 10.1 Å². The summed E-state index contributed by atoms with van der Waals surface area (Å²) in [6.07, 6.45) is 10.4. The van der Waals surface area contributed by atoms with Gasteiger partial charge in [0, 0.05) is 73.7 Å². The van der Waals surface area contributed by atoms with E-state index in [2.05, 4.69) is 63.8 Å². The van der Waals surface area contributed by atoms with Crippen LogP contribution >= 0.6 is 0 Å². The van der Waals surface area contributed by atoms with E-state index in [0.29, 0.717) is 23.1 Å². The van der Waals surface area contributed by atoms with Crippen LogP contribution in [-0.4, -0.2) is 62.8 Å². The number of pyridine rings is 2. The Morgan fingerprint density at radius 1 is 1.04 bits per heavy atom. The summed E-state index contributed by atoms with van der Waals surface area (Å²) in [6, 6.07) is 10.9. The van der Waals surface area contributed by atoms with Gasteiger partial charge < -0.3 is 15.2 Å². The van der Waals surface area contributed by atoms with Gasteiger partial charge in [0.1, 0.15) is 5.82 Å². The molecule has 4 aromatic rings. The summed E-state index contributed by atoms with van der Waals surface area (Å²) >= 11 is 0. The van der Waals surface area contributed by atoms with Crippen LogP contribution in [0.25, 0.3) is 22.0 Å². The molecule has 4 heterocycles. The van der Waals surface area contributed by atoms with Crippen LogP contribution in [-0.2, 0) is 19.5 Å². The third-order valence-corrected chi connectivity index (χ3v) is 9.67. The van der Waals surface area contributed by atoms with Crippen LogP contribution in [0.15, 0.2) is 47.5 Å². The van der Waals surface area contributed by atoms with Crippen LogP contribution in [0.4, 0.5) is 5.82 Å². The third-order valence-electron chi connectivity index (χ3n) is 9.67. The predicted octanol–water partition coefficient (Wildman–Crippen LogP) is 5.70. The highest BCUT2D eigenvalue weighted by molar-refractivity contribution is 6.08. The lowest BCUT2D eigenvalue weighted by atomic mass is 10.00. The molecule has 0 atom stereocenters. The van der Waals surface area contributed by atoms with Crippen molar-refractivity contribution < 1.29 is 4.79 Å². The van der Waals surface area contributed by atoms with Gasteiger partial charge in [-0.1, -0.05) is 26.2 Å². The fraction of sp³-hybridized carbons (Fsp3) is 0.500. The zero-order valence-corrected chi connectivity index (χ0v) is 27.2. The minimum absolute atomic E-state index is 0.140. The standard InChI is InChI=1S/C36H47N7O2/c1-5-8-27-17-25(4)40-36(45)31(27)21-38-35(44)30-18-29(19-33-32(30)22-39-43(33)23-26-9-6-7-10-26)28-11-12-34(37-20-28)42-15-13-41(14-16-42)24(2)3/h11-12,17-20,22,24,26H,5-10,13-16,21,23H2,1-4H3,(H,38,44)(H,40,45). The van der Waals surface area contributed by atoms with Crippen molar-refractivity contribution in [2.24, 2.45) is 5.92 Å². The minimum atomic E-state index is -0.211. The molecular weight excluding hydrogens is 562 g/mol. The van der Waals surface area contributed by atoms with Gasteiger partial charge in [-0.25, -0.2) is 4.98 Å². The summed E-state index contributed by atoms with van der Waals surface area (Å²) in [5.41, 5.74) is 5.72. The molecular formula is C36H47N7O2. The molecule has 9 nitrogen and oxygen atoms in total. The number of amides is 1. The van der Waals surface area contributed by atoms with Crippen LogP contribution in [0.2, 0.25) is 0 Å². The molecule has 1 aliphatic heterocycles. The minimum Gasteiger partial charge on any atom is -0.354 e. The number of nitrogens with zero attached hydrogens (tertiary/aromatic N) is 5. The van der Waals surface area contributed by atoms with Crippen molar-refractivity contribution in [3.8, 4) is 11.1 Å². The molecule has 2 N–H and O–H groups in total. The molecule has 1 saturated heterocycles. The number of rotatable bonds is 10. The highest BCUT2D eigenvalue weighted by atomic mass is 16.1. The molecule has 3 aromatic heterocycles. The fourth-order valence-electron chi connectivity index (χ4n) is 7.06. The predicted molar refractivity (Wildman–Crippen MR) is 181 cm³/mol. The number of hydrogen-bond donors (Lipinski definition) is 2. The number of aromatic amines is 1. The highest BCUT2D eigenvalue weighted by Gasteiger charge is 2.22. The molecule has 1 aliphatic carbocycles. The number of fused-ring (bicyclic) bond motifs is 1. The Labute approximate surface area is 266 Å². The van der Waals surface area contributed by atoms with Crippen molar-refractivity contribution in [2.45, 2.75) is 85.4 Å². The fourth-order valence-corrected chi connectivity index (χ4v) is 7.06. The Hall–Kier alpha value is -3.98. The number of aryl methyl sites for hydroxylation is 2. The van der Waals surface area contributed by atoms with Crippen molar-refractivity contribution in [1.29, 1.82) is 0 Å². The topological polar surface area (TPSA) is 99.2 Å². The first kappa shape index (κ1) is 31.0. The summed E-state index contributed by atoms with van der Waals surface area (Å²) in [6.45, 7) is 13.5. The van der Waals surface area contributed by atoms with E-state index in [1.165, 1.54) is 25.7 Å². The first-order valence-electron chi connectivity index (χ1n) is 16.8. The normalized spacial score (nSPS) is 16.2. The summed E-state index contributed by atoms with van der Waals surface area (Å²) in [4.78, 5) is 39.3. The number of piperazine rings is 1. The van der Waals surface area contributed by atoms with Crippen LogP contribution in [0, 0.1) is 12.8 Å². The lowest BCUT2D eigenvalue weighted by molar-refractivity contribution is 0.0952. The van der Waals surface area contributed by atoms with Gasteiger partial charge in [0.05, 0.1) is 17.3 Å². The second kappa shape index (κ2) is 13.6. The number of benzene rings is 1. The number of carbonyl (C=O) groups is 1. The van der Waals surface area contributed by atoms with E-state index in [-0.39, 0.29) is 18.0 Å². The molecule has 1 aromatic carbocycles. The van der Waals surface area contributed by atoms with E-state index >= 15 is 0 Å². The smallest absolute Gasteiger partial charge is 0.253 e. The van der Waals surface area contributed by atoms with Gasteiger partial charge in [0.25, 0.3) is 11.5 Å². The van der Waals surface area contributed by atoms with Crippen molar-refractivity contribution in [3.63, 3.8) is 0 Å². The molecule has 1 amide bonds. The Morgan fingerprint density at radius 3 is 2.51 bits per heavy atom. The second-order valence-electron chi connectivity index (χ2n) is 13.2. The SMILES string of the molecule is CCCc1cc(C)[nH]c(=O)c1CNC(=O)c1cc(-c2ccc(N3CCN(C(C)C)CC3)nc2)cc2c1cnn2CC1CCCC1. The summed E-state index contributed by atoms with van der Waals surface area (Å²) < 4.78 is 2.08. The number of carbonyl (C=O) groups excluding carboxylic acids is 1. The number of H-pyrrole nitrogens is 1. The van der Waals surface area contributed by atoms with Crippen molar-refractivity contribution in [3.05, 3.63) is 75.5 Å². The Kier molecular flexibility index (Phi) is 9.35. The van der Waals surface area contributed by atoms with E-state index in [1.807, 2.05) is 31.5 Å². The van der Waals surface area contributed by atoms with Crippen molar-refractivity contribution in [2.75, 3.05) is 31.1 Å². The van der Waals surface area contributed by atoms with Gasteiger partial charge in [0.15, 0.2) is 0 Å².